The fourth-order valence-corrected chi connectivity index (χ4v) is 1.31. The second-order valence-corrected chi connectivity index (χ2v) is 3.37. The lowest BCUT2D eigenvalue weighted by molar-refractivity contribution is 0.0141. The summed E-state index contributed by atoms with van der Waals surface area (Å²) in [5.74, 6) is 0. The molecule has 1 saturated carbocycles. The predicted octanol–water partition coefficient (Wildman–Crippen LogP) is 1.45. The molecule has 0 aliphatic heterocycles. The third-order valence-corrected chi connectivity index (χ3v) is 2.15. The molecule has 1 aliphatic rings. The Hall–Kier alpha value is -0.280. The van der Waals surface area contributed by atoms with E-state index in [0.717, 1.165) is 12.8 Å². The number of rotatable bonds is 2. The third-order valence-electron chi connectivity index (χ3n) is 2.06. The largest absolute Gasteiger partial charge is 0.450 e. The molecule has 0 atom stereocenters. The molecule has 0 heterocycles. The topological polar surface area (TPSA) is 29.5 Å². The Kier molecular flexibility index (Phi) is 2.73. The first-order chi connectivity index (χ1) is 5.09. The Morgan fingerprint density at radius 2 is 2.09 bits per heavy atom. The summed E-state index contributed by atoms with van der Waals surface area (Å²) < 4.78 is 4.77. The van der Waals surface area contributed by atoms with E-state index >= 15 is 0 Å². The maximum absolute atomic E-state index is 10.3. The van der Waals surface area contributed by atoms with Crippen molar-refractivity contribution in [2.24, 2.45) is 0 Å². The van der Waals surface area contributed by atoms with Crippen molar-refractivity contribution >= 4 is 17.0 Å². The molecule has 4 heteroatoms. The third kappa shape index (κ3) is 2.34. The lowest BCUT2D eigenvalue weighted by Gasteiger charge is -2.38. The van der Waals surface area contributed by atoms with Gasteiger partial charge in [0.15, 0.2) is 0 Å². The molecule has 0 aromatic carbocycles. The van der Waals surface area contributed by atoms with Gasteiger partial charge in [-0.05, 0) is 14.1 Å². The smallest absolute Gasteiger partial charge is 0.404 e. The normalized spacial score (nSPS) is 29.8. The van der Waals surface area contributed by atoms with E-state index in [2.05, 4.69) is 4.90 Å². The first kappa shape index (κ1) is 8.81. The van der Waals surface area contributed by atoms with Crippen molar-refractivity contribution in [3.63, 3.8) is 0 Å². The number of halogens is 1. The molecule has 0 radical (unpaired) electrons. The zero-order chi connectivity index (χ0) is 8.43. The Morgan fingerprint density at radius 1 is 1.55 bits per heavy atom. The monoisotopic (exact) mass is 177 g/mol. The summed E-state index contributed by atoms with van der Waals surface area (Å²) in [5, 5.41) is 0. The van der Waals surface area contributed by atoms with Crippen LogP contribution in [-0.4, -0.2) is 36.6 Å². The second kappa shape index (κ2) is 3.41. The van der Waals surface area contributed by atoms with Crippen LogP contribution in [0.2, 0.25) is 0 Å². The second-order valence-electron chi connectivity index (χ2n) is 3.07. The van der Waals surface area contributed by atoms with Gasteiger partial charge in [-0.3, -0.25) is 0 Å². The molecular formula is C7H12ClNO2. The Balaban J connectivity index is 2.14. The summed E-state index contributed by atoms with van der Waals surface area (Å²) >= 11 is 5.04. The summed E-state index contributed by atoms with van der Waals surface area (Å²) in [6.45, 7) is 0. The molecule has 64 valence electrons. The van der Waals surface area contributed by atoms with E-state index in [-0.39, 0.29) is 6.10 Å². The van der Waals surface area contributed by atoms with Crippen LogP contribution in [-0.2, 0) is 4.74 Å². The molecule has 1 aliphatic carbocycles. The van der Waals surface area contributed by atoms with Gasteiger partial charge >= 0.3 is 5.43 Å². The summed E-state index contributed by atoms with van der Waals surface area (Å²) in [5.41, 5.74) is -0.688. The highest BCUT2D eigenvalue weighted by atomic mass is 35.5. The van der Waals surface area contributed by atoms with Crippen LogP contribution in [0.1, 0.15) is 12.8 Å². The van der Waals surface area contributed by atoms with Crippen molar-refractivity contribution in [2.75, 3.05) is 14.1 Å². The van der Waals surface area contributed by atoms with Crippen LogP contribution in [0.15, 0.2) is 0 Å². The maximum Gasteiger partial charge on any atom is 0.404 e. The number of nitrogens with zero attached hydrogens (tertiary/aromatic N) is 1. The van der Waals surface area contributed by atoms with Crippen LogP contribution in [0.25, 0.3) is 0 Å². The standard InChI is InChI=1S/C7H12ClNO2/c1-9(2)5-3-6(4-5)11-7(8)10/h5-6H,3-4H2,1-2H3. The highest BCUT2D eigenvalue weighted by Gasteiger charge is 2.32. The molecular weight excluding hydrogens is 166 g/mol. The van der Waals surface area contributed by atoms with Crippen molar-refractivity contribution in [1.29, 1.82) is 0 Å². The molecule has 1 fully saturated rings. The van der Waals surface area contributed by atoms with Gasteiger partial charge in [0.1, 0.15) is 6.10 Å². The van der Waals surface area contributed by atoms with Crippen LogP contribution in [0.4, 0.5) is 4.79 Å². The number of carbonyl (C=O) groups is 1. The molecule has 0 unspecified atom stereocenters. The van der Waals surface area contributed by atoms with Gasteiger partial charge in [-0.15, -0.1) is 0 Å². The Morgan fingerprint density at radius 3 is 2.45 bits per heavy atom. The van der Waals surface area contributed by atoms with Gasteiger partial charge in [-0.2, -0.15) is 0 Å². The van der Waals surface area contributed by atoms with Crippen LogP contribution < -0.4 is 0 Å². The highest BCUT2D eigenvalue weighted by molar-refractivity contribution is 6.61. The molecule has 0 amide bonds. The van der Waals surface area contributed by atoms with Crippen molar-refractivity contribution in [3.05, 3.63) is 0 Å². The summed E-state index contributed by atoms with van der Waals surface area (Å²) in [7, 11) is 4.03. The van der Waals surface area contributed by atoms with Gasteiger partial charge in [0.05, 0.1) is 0 Å². The van der Waals surface area contributed by atoms with E-state index in [1.807, 2.05) is 14.1 Å². The quantitative estimate of drug-likeness (QED) is 0.598. The van der Waals surface area contributed by atoms with Crippen LogP contribution in [0.3, 0.4) is 0 Å². The molecule has 0 bridgehead atoms. The molecule has 0 saturated heterocycles. The molecule has 1 rings (SSSR count). The van der Waals surface area contributed by atoms with Crippen molar-refractivity contribution in [1.82, 2.24) is 4.90 Å². The van der Waals surface area contributed by atoms with Crippen molar-refractivity contribution < 1.29 is 9.53 Å². The molecule has 0 aromatic heterocycles. The van der Waals surface area contributed by atoms with E-state index < -0.39 is 5.43 Å². The zero-order valence-corrected chi connectivity index (χ0v) is 7.47. The SMILES string of the molecule is CN(C)C1CC(OC(=O)Cl)C1. The van der Waals surface area contributed by atoms with Crippen LogP contribution >= 0.6 is 11.6 Å². The molecule has 0 N–H and O–H groups in total. The molecule has 11 heavy (non-hydrogen) atoms. The molecule has 3 nitrogen and oxygen atoms in total. The van der Waals surface area contributed by atoms with E-state index in [4.69, 9.17) is 16.3 Å². The average molecular weight is 178 g/mol. The van der Waals surface area contributed by atoms with E-state index in [1.54, 1.807) is 0 Å². The number of ether oxygens (including phenoxy) is 1. The van der Waals surface area contributed by atoms with Gasteiger partial charge in [0, 0.05) is 30.5 Å². The van der Waals surface area contributed by atoms with Gasteiger partial charge in [-0.25, -0.2) is 4.79 Å². The Labute approximate surface area is 71.3 Å². The number of hydrogen-bond donors (Lipinski definition) is 0. The predicted molar refractivity (Wildman–Crippen MR) is 42.8 cm³/mol. The van der Waals surface area contributed by atoms with E-state index in [9.17, 15) is 4.79 Å². The van der Waals surface area contributed by atoms with Crippen LogP contribution in [0, 0.1) is 0 Å². The van der Waals surface area contributed by atoms with Gasteiger partial charge in [-0.1, -0.05) is 0 Å². The van der Waals surface area contributed by atoms with E-state index in [1.165, 1.54) is 0 Å². The fraction of sp³-hybridized carbons (Fsp3) is 0.857. The first-order valence-electron chi connectivity index (χ1n) is 3.62. The summed E-state index contributed by atoms with van der Waals surface area (Å²) in [4.78, 5) is 12.4. The fourth-order valence-electron chi connectivity index (χ4n) is 1.19. The maximum atomic E-state index is 10.3. The summed E-state index contributed by atoms with van der Waals surface area (Å²) in [6.07, 6.45) is 1.86. The lowest BCUT2D eigenvalue weighted by atomic mass is 9.88. The van der Waals surface area contributed by atoms with Crippen molar-refractivity contribution in [3.8, 4) is 0 Å². The molecule has 0 aromatic rings. The number of carbonyl (C=O) groups excluding carboxylic acids is 1. The lowest BCUT2D eigenvalue weighted by Crippen LogP contribution is -2.44. The highest BCUT2D eigenvalue weighted by Crippen LogP contribution is 2.27. The van der Waals surface area contributed by atoms with Gasteiger partial charge < -0.3 is 9.64 Å². The van der Waals surface area contributed by atoms with Gasteiger partial charge in [0.2, 0.25) is 0 Å². The van der Waals surface area contributed by atoms with E-state index in [0.29, 0.717) is 6.04 Å². The number of hydrogen-bond acceptors (Lipinski definition) is 3. The first-order valence-corrected chi connectivity index (χ1v) is 4.00. The zero-order valence-electron chi connectivity index (χ0n) is 6.71. The Bertz CT molecular complexity index is 155. The average Bonchev–Trinajstić information content (AvgIpc) is 1.75. The minimum Gasteiger partial charge on any atom is -0.450 e. The summed E-state index contributed by atoms with van der Waals surface area (Å²) in [6, 6.07) is 0.552. The van der Waals surface area contributed by atoms with Gasteiger partial charge in [0.25, 0.3) is 0 Å². The van der Waals surface area contributed by atoms with Crippen LogP contribution in [0.5, 0.6) is 0 Å². The molecule has 0 spiro atoms. The minimum absolute atomic E-state index is 0.0485. The minimum atomic E-state index is -0.688. The van der Waals surface area contributed by atoms with Crippen molar-refractivity contribution in [2.45, 2.75) is 25.0 Å².